The number of para-hydroxylation sites is 3. The summed E-state index contributed by atoms with van der Waals surface area (Å²) in [5.41, 5.74) is 2.77. The third-order valence-corrected chi connectivity index (χ3v) is 5.69. The lowest BCUT2D eigenvalue weighted by molar-refractivity contribution is -0.00517. The van der Waals surface area contributed by atoms with E-state index in [2.05, 4.69) is 34.4 Å². The SMILES string of the molecule is C[C@H]1CN(c2ccccc2NC(=O)NCc2nc3ccccc3s2)C[C@H](C)O1. The van der Waals surface area contributed by atoms with Gasteiger partial charge in [-0.1, -0.05) is 24.3 Å². The minimum absolute atomic E-state index is 0.157. The van der Waals surface area contributed by atoms with Gasteiger partial charge in [0.25, 0.3) is 0 Å². The van der Waals surface area contributed by atoms with E-state index in [0.717, 1.165) is 39.7 Å². The lowest BCUT2D eigenvalue weighted by Gasteiger charge is -2.37. The Bertz CT molecular complexity index is 931. The molecule has 0 radical (unpaired) electrons. The number of morpholine rings is 1. The van der Waals surface area contributed by atoms with Gasteiger partial charge in [0.05, 0.1) is 40.3 Å². The quantitative estimate of drug-likeness (QED) is 0.693. The van der Waals surface area contributed by atoms with Gasteiger partial charge >= 0.3 is 6.03 Å². The second-order valence-corrected chi connectivity index (χ2v) is 8.18. The summed E-state index contributed by atoms with van der Waals surface area (Å²) in [7, 11) is 0. The summed E-state index contributed by atoms with van der Waals surface area (Å²) in [6.45, 7) is 6.15. The van der Waals surface area contributed by atoms with Crippen LogP contribution in [0.15, 0.2) is 48.5 Å². The van der Waals surface area contributed by atoms with Crippen molar-refractivity contribution in [1.29, 1.82) is 0 Å². The summed E-state index contributed by atoms with van der Waals surface area (Å²) in [5.74, 6) is 0. The lowest BCUT2D eigenvalue weighted by Crippen LogP contribution is -2.45. The molecule has 1 aliphatic rings. The molecule has 4 rings (SSSR count). The average Bonchev–Trinajstić information content (AvgIpc) is 3.09. The van der Waals surface area contributed by atoms with Crippen molar-refractivity contribution in [3.05, 3.63) is 53.5 Å². The molecular weight excluding hydrogens is 372 g/mol. The van der Waals surface area contributed by atoms with Crippen molar-refractivity contribution in [3.8, 4) is 0 Å². The number of nitrogens with one attached hydrogen (secondary N) is 2. The van der Waals surface area contributed by atoms with Gasteiger partial charge in [-0.15, -0.1) is 11.3 Å². The summed E-state index contributed by atoms with van der Waals surface area (Å²) < 4.78 is 6.95. The molecule has 1 aromatic heterocycles. The van der Waals surface area contributed by atoms with Crippen LogP contribution in [-0.4, -0.2) is 36.3 Å². The Morgan fingerprint density at radius 1 is 1.14 bits per heavy atom. The highest BCUT2D eigenvalue weighted by molar-refractivity contribution is 7.18. The van der Waals surface area contributed by atoms with Crippen LogP contribution in [-0.2, 0) is 11.3 Å². The van der Waals surface area contributed by atoms with Gasteiger partial charge in [0, 0.05) is 13.1 Å². The molecule has 0 saturated carbocycles. The Hall–Kier alpha value is -2.64. The molecule has 0 spiro atoms. The van der Waals surface area contributed by atoms with Gasteiger partial charge in [0.15, 0.2) is 0 Å². The highest BCUT2D eigenvalue weighted by Gasteiger charge is 2.24. The number of anilines is 2. The van der Waals surface area contributed by atoms with Crippen LogP contribution in [0.3, 0.4) is 0 Å². The lowest BCUT2D eigenvalue weighted by atomic mass is 10.1. The minimum Gasteiger partial charge on any atom is -0.372 e. The van der Waals surface area contributed by atoms with Gasteiger partial charge in [-0.05, 0) is 38.1 Å². The molecule has 0 bridgehead atoms. The summed E-state index contributed by atoms with van der Waals surface area (Å²) in [4.78, 5) is 19.3. The van der Waals surface area contributed by atoms with Crippen molar-refractivity contribution in [2.24, 2.45) is 0 Å². The monoisotopic (exact) mass is 396 g/mol. The molecule has 0 aliphatic carbocycles. The predicted octanol–water partition coefficient (Wildman–Crippen LogP) is 4.23. The molecule has 1 fully saturated rings. The summed E-state index contributed by atoms with van der Waals surface area (Å²) >= 11 is 1.60. The van der Waals surface area contributed by atoms with Crippen molar-refractivity contribution < 1.29 is 9.53 Å². The van der Waals surface area contributed by atoms with Crippen molar-refractivity contribution in [2.45, 2.75) is 32.6 Å². The zero-order chi connectivity index (χ0) is 19.5. The molecule has 3 aromatic rings. The number of hydrogen-bond donors (Lipinski definition) is 2. The molecular formula is C21H24N4O2S. The fourth-order valence-electron chi connectivity index (χ4n) is 3.55. The maximum absolute atomic E-state index is 12.5. The maximum atomic E-state index is 12.5. The first kappa shape index (κ1) is 18.7. The summed E-state index contributed by atoms with van der Waals surface area (Å²) in [6.07, 6.45) is 0.314. The molecule has 6 nitrogen and oxygen atoms in total. The third kappa shape index (κ3) is 4.26. The van der Waals surface area contributed by atoms with Crippen LogP contribution in [0.5, 0.6) is 0 Å². The van der Waals surface area contributed by atoms with Gasteiger partial charge in [0.2, 0.25) is 0 Å². The van der Waals surface area contributed by atoms with Gasteiger partial charge < -0.3 is 20.3 Å². The van der Waals surface area contributed by atoms with Crippen molar-refractivity contribution in [2.75, 3.05) is 23.3 Å². The van der Waals surface area contributed by atoms with Crippen molar-refractivity contribution in [1.82, 2.24) is 10.3 Å². The molecule has 2 heterocycles. The molecule has 2 N–H and O–H groups in total. The first-order chi connectivity index (χ1) is 13.6. The molecule has 2 amide bonds. The van der Waals surface area contributed by atoms with E-state index in [-0.39, 0.29) is 18.2 Å². The van der Waals surface area contributed by atoms with E-state index in [1.54, 1.807) is 11.3 Å². The van der Waals surface area contributed by atoms with E-state index in [4.69, 9.17) is 4.74 Å². The zero-order valence-corrected chi connectivity index (χ0v) is 16.8. The first-order valence-electron chi connectivity index (χ1n) is 9.47. The smallest absolute Gasteiger partial charge is 0.319 e. The van der Waals surface area contributed by atoms with Crippen LogP contribution in [0, 0.1) is 0 Å². The topological polar surface area (TPSA) is 66.5 Å². The van der Waals surface area contributed by atoms with Crippen LogP contribution in [0.2, 0.25) is 0 Å². The number of carbonyl (C=O) groups excluding carboxylic acids is 1. The van der Waals surface area contributed by atoms with Crippen molar-refractivity contribution >= 4 is 39.0 Å². The Kier molecular flexibility index (Phi) is 5.45. The molecule has 146 valence electrons. The van der Waals surface area contributed by atoms with E-state index in [1.165, 1.54) is 0 Å². The number of thiazole rings is 1. The number of amides is 2. The Labute approximate surface area is 168 Å². The standard InChI is InChI=1S/C21H24N4O2S/c1-14-12-25(13-15(2)27-14)18-9-5-3-7-16(18)24-21(26)22-11-20-23-17-8-4-6-10-19(17)28-20/h3-10,14-15H,11-13H2,1-2H3,(H2,22,24,26)/t14-,15-/m0/s1. The minimum atomic E-state index is -0.235. The number of urea groups is 1. The average molecular weight is 397 g/mol. The zero-order valence-electron chi connectivity index (χ0n) is 16.0. The van der Waals surface area contributed by atoms with E-state index < -0.39 is 0 Å². The molecule has 2 atom stereocenters. The number of nitrogens with zero attached hydrogens (tertiary/aromatic N) is 2. The highest BCUT2D eigenvalue weighted by Crippen LogP contribution is 2.28. The van der Waals surface area contributed by atoms with Gasteiger partial charge in [0.1, 0.15) is 5.01 Å². The van der Waals surface area contributed by atoms with Crippen LogP contribution < -0.4 is 15.5 Å². The van der Waals surface area contributed by atoms with Crippen LogP contribution in [0.4, 0.5) is 16.2 Å². The van der Waals surface area contributed by atoms with Gasteiger partial charge in [-0.3, -0.25) is 0 Å². The van der Waals surface area contributed by atoms with Crippen LogP contribution in [0.25, 0.3) is 10.2 Å². The second-order valence-electron chi connectivity index (χ2n) is 7.06. The molecule has 7 heteroatoms. The van der Waals surface area contributed by atoms with Crippen LogP contribution in [0.1, 0.15) is 18.9 Å². The van der Waals surface area contributed by atoms with Crippen molar-refractivity contribution in [3.63, 3.8) is 0 Å². The fraction of sp³-hybridized carbons (Fsp3) is 0.333. The molecule has 1 saturated heterocycles. The van der Waals surface area contributed by atoms with Gasteiger partial charge in [-0.25, -0.2) is 9.78 Å². The summed E-state index contributed by atoms with van der Waals surface area (Å²) in [5, 5.41) is 6.79. The number of hydrogen-bond acceptors (Lipinski definition) is 5. The second kappa shape index (κ2) is 8.16. The Morgan fingerprint density at radius 2 is 1.86 bits per heavy atom. The Balaban J connectivity index is 1.41. The largest absolute Gasteiger partial charge is 0.372 e. The number of carbonyl (C=O) groups is 1. The number of rotatable bonds is 4. The van der Waals surface area contributed by atoms with Crippen LogP contribution >= 0.6 is 11.3 Å². The fourth-order valence-corrected chi connectivity index (χ4v) is 4.45. The highest BCUT2D eigenvalue weighted by atomic mass is 32.1. The number of fused-ring (bicyclic) bond motifs is 1. The third-order valence-electron chi connectivity index (χ3n) is 4.65. The van der Waals surface area contributed by atoms with Gasteiger partial charge in [-0.2, -0.15) is 0 Å². The first-order valence-corrected chi connectivity index (χ1v) is 10.3. The molecule has 2 aromatic carbocycles. The number of ether oxygens (including phenoxy) is 1. The molecule has 0 unspecified atom stereocenters. The van der Waals surface area contributed by atoms with E-state index in [1.807, 2.05) is 48.5 Å². The maximum Gasteiger partial charge on any atom is 0.319 e. The predicted molar refractivity (Wildman–Crippen MR) is 114 cm³/mol. The number of aromatic nitrogens is 1. The van der Waals surface area contributed by atoms with E-state index in [0.29, 0.717) is 6.54 Å². The number of benzene rings is 2. The van der Waals surface area contributed by atoms with E-state index in [9.17, 15) is 4.79 Å². The molecule has 1 aliphatic heterocycles. The summed E-state index contributed by atoms with van der Waals surface area (Å²) in [6, 6.07) is 15.6. The Morgan fingerprint density at radius 3 is 2.64 bits per heavy atom. The molecule has 28 heavy (non-hydrogen) atoms. The van der Waals surface area contributed by atoms with E-state index >= 15 is 0 Å². The normalized spacial score (nSPS) is 19.6.